The first-order valence-corrected chi connectivity index (χ1v) is 4.23. The summed E-state index contributed by atoms with van der Waals surface area (Å²) in [6.07, 6.45) is -2.83. The molecular weight excluding hydrogens is 194 g/mol. The average molecular weight is 217 g/mol. The molecule has 1 aromatic carbocycles. The van der Waals surface area contributed by atoms with Gasteiger partial charge in [0, 0.05) is 20.5 Å². The lowest BCUT2D eigenvalue weighted by Gasteiger charge is -2.12. The molecule has 4 nitrogen and oxygen atoms in total. The fourth-order valence-electron chi connectivity index (χ4n) is 0.992. The molecule has 0 radical (unpaired) electrons. The number of benzene rings is 1. The Hall–Kier alpha value is -1.10. The smallest absolute Gasteiger partial charge is 0.188 e. The molecule has 0 spiro atoms. The predicted octanol–water partition coefficient (Wildman–Crippen LogP) is 0.922. The van der Waals surface area contributed by atoms with E-state index >= 15 is 0 Å². The maximum absolute atomic E-state index is 10.1. The summed E-state index contributed by atoms with van der Waals surface area (Å²) in [5.74, 6) is 0.254. The Kier molecular flexibility index (Phi) is 2.49. The molecule has 0 aliphatic carbocycles. The second-order valence-electron chi connectivity index (χ2n) is 2.68. The molecule has 0 aliphatic rings. The van der Waals surface area contributed by atoms with Gasteiger partial charge >= 0.3 is 0 Å². The van der Waals surface area contributed by atoms with Crippen molar-refractivity contribution in [3.05, 3.63) is 29.8 Å². The van der Waals surface area contributed by atoms with Gasteiger partial charge in [0.15, 0.2) is 6.79 Å². The van der Waals surface area contributed by atoms with Gasteiger partial charge in [-0.3, -0.25) is 0 Å². The summed E-state index contributed by atoms with van der Waals surface area (Å²) in [7, 11) is 1.42. The van der Waals surface area contributed by atoms with Crippen molar-refractivity contribution in [1.29, 1.82) is 0 Å². The topological polar surface area (TPSA) is 50.7 Å². The summed E-state index contributed by atoms with van der Waals surface area (Å²) in [5.41, 5.74) is -0.155. The summed E-state index contributed by atoms with van der Waals surface area (Å²) in [6, 6.07) is 5.52. The normalized spacial score (nSPS) is 22.3. The van der Waals surface area contributed by atoms with Crippen molar-refractivity contribution in [2.75, 3.05) is 27.4 Å². The number of aliphatic hydroxyl groups is 1. The van der Waals surface area contributed by atoms with Gasteiger partial charge in [0.2, 0.25) is 0 Å². The van der Waals surface area contributed by atoms with Gasteiger partial charge in [-0.25, -0.2) is 0 Å². The first-order valence-electron chi connectivity index (χ1n) is 7.23. The highest BCUT2D eigenvalue weighted by molar-refractivity contribution is 5.29. The summed E-state index contributed by atoms with van der Waals surface area (Å²) >= 11 is 0. The van der Waals surface area contributed by atoms with Crippen LogP contribution in [-0.2, 0) is 4.74 Å². The number of hydrogen-bond donors (Lipinski definition) is 2. The van der Waals surface area contributed by atoms with E-state index in [0.717, 1.165) is 0 Å². The van der Waals surface area contributed by atoms with E-state index in [1.54, 1.807) is 5.32 Å². The SMILES string of the molecule is [2H]C([2H])([2H])NC([2H])([2H])[C@]([2H])(O)c1cccc(OCOC)c1. The van der Waals surface area contributed by atoms with Crippen molar-refractivity contribution in [2.24, 2.45) is 0 Å². The van der Waals surface area contributed by atoms with Crippen molar-refractivity contribution in [3.63, 3.8) is 0 Å². The third kappa shape index (κ3) is 3.87. The maximum Gasteiger partial charge on any atom is 0.188 e. The van der Waals surface area contributed by atoms with Crippen molar-refractivity contribution in [3.8, 4) is 5.75 Å². The number of methoxy groups -OCH3 is 1. The number of rotatable bonds is 6. The molecule has 1 atom stereocenters. The van der Waals surface area contributed by atoms with Gasteiger partial charge in [0.25, 0.3) is 0 Å². The highest BCUT2D eigenvalue weighted by Gasteiger charge is 2.06. The molecule has 2 N–H and O–H groups in total. The van der Waals surface area contributed by atoms with E-state index in [1.165, 1.54) is 31.4 Å². The molecule has 0 saturated heterocycles. The minimum Gasteiger partial charge on any atom is -0.468 e. The van der Waals surface area contributed by atoms with Gasteiger partial charge in [0.1, 0.15) is 5.75 Å². The Balaban J connectivity index is 3.05. The largest absolute Gasteiger partial charge is 0.468 e. The Morgan fingerprint density at radius 1 is 1.73 bits per heavy atom. The third-order valence-electron chi connectivity index (χ3n) is 1.63. The molecular formula is C11H17NO3. The van der Waals surface area contributed by atoms with Crippen LogP contribution in [0, 0.1) is 0 Å². The second-order valence-corrected chi connectivity index (χ2v) is 2.68. The molecule has 0 aromatic heterocycles. The van der Waals surface area contributed by atoms with E-state index in [1.807, 2.05) is 0 Å². The van der Waals surface area contributed by atoms with Crippen LogP contribution in [0.3, 0.4) is 0 Å². The summed E-state index contributed by atoms with van der Waals surface area (Å²) in [6.45, 7) is -5.80. The summed E-state index contributed by atoms with van der Waals surface area (Å²) < 4.78 is 53.9. The zero-order chi connectivity index (χ0) is 16.3. The fraction of sp³-hybridized carbons (Fsp3) is 0.455. The zero-order valence-electron chi connectivity index (χ0n) is 14.3. The number of nitrogens with one attached hydrogen (secondary N) is 1. The molecule has 0 saturated carbocycles. The van der Waals surface area contributed by atoms with Gasteiger partial charge in [-0.2, -0.15) is 0 Å². The first kappa shape index (κ1) is 5.84. The lowest BCUT2D eigenvalue weighted by atomic mass is 10.1. The summed E-state index contributed by atoms with van der Waals surface area (Å²) in [5, 5.41) is 11.7. The molecule has 0 unspecified atom stereocenters. The predicted molar refractivity (Wildman–Crippen MR) is 57.8 cm³/mol. The molecule has 0 fully saturated rings. The van der Waals surface area contributed by atoms with Gasteiger partial charge in [-0.05, 0) is 24.7 Å². The molecule has 84 valence electrons. The van der Waals surface area contributed by atoms with Crippen molar-refractivity contribution < 1.29 is 22.8 Å². The summed E-state index contributed by atoms with van der Waals surface area (Å²) in [4.78, 5) is 0. The van der Waals surface area contributed by atoms with Crippen LogP contribution < -0.4 is 10.1 Å². The van der Waals surface area contributed by atoms with Gasteiger partial charge < -0.3 is 19.9 Å². The van der Waals surface area contributed by atoms with Crippen LogP contribution in [0.5, 0.6) is 5.75 Å². The van der Waals surface area contributed by atoms with E-state index in [9.17, 15) is 5.11 Å². The Labute approximate surface area is 98.3 Å². The number of likely N-dealkylation sites (N-methyl/N-ethyl adjacent to an activating group) is 1. The monoisotopic (exact) mass is 217 g/mol. The van der Waals surface area contributed by atoms with Crippen LogP contribution in [0.4, 0.5) is 0 Å². The molecule has 15 heavy (non-hydrogen) atoms. The minimum absolute atomic E-state index is 0.0553. The van der Waals surface area contributed by atoms with Gasteiger partial charge in [-0.15, -0.1) is 0 Å². The zero-order valence-corrected chi connectivity index (χ0v) is 8.28. The number of ether oxygens (including phenoxy) is 2. The van der Waals surface area contributed by atoms with Crippen LogP contribution in [0.15, 0.2) is 24.3 Å². The van der Waals surface area contributed by atoms with Crippen molar-refractivity contribution >= 4 is 0 Å². The average Bonchev–Trinajstić information content (AvgIpc) is 2.33. The highest BCUT2D eigenvalue weighted by Crippen LogP contribution is 2.18. The Morgan fingerprint density at radius 2 is 2.60 bits per heavy atom. The Bertz CT molecular complexity index is 477. The van der Waals surface area contributed by atoms with Crippen LogP contribution in [-0.4, -0.2) is 32.5 Å². The second kappa shape index (κ2) is 6.40. The Morgan fingerprint density at radius 3 is 3.33 bits per heavy atom. The molecule has 1 aromatic rings. The van der Waals surface area contributed by atoms with E-state index in [4.69, 9.17) is 17.7 Å². The third-order valence-corrected chi connectivity index (χ3v) is 1.63. The first-order chi connectivity index (χ1) is 9.49. The van der Waals surface area contributed by atoms with Crippen molar-refractivity contribution in [1.82, 2.24) is 5.32 Å². The van der Waals surface area contributed by atoms with Crippen LogP contribution >= 0.6 is 0 Å². The lowest BCUT2D eigenvalue weighted by molar-refractivity contribution is 0.0508. The molecule has 0 amide bonds. The standard InChI is InChI=1S/C11H17NO3/c1-12-7-11(13)9-4-3-5-10(6-9)15-8-14-2/h3-6,11-13H,7-8H2,1-2H3/t11-/m0/s1/i1D3,7D2,11D. The van der Waals surface area contributed by atoms with E-state index < -0.39 is 19.6 Å². The number of hydrogen-bond acceptors (Lipinski definition) is 4. The lowest BCUT2D eigenvalue weighted by Crippen LogP contribution is -2.16. The molecule has 1 rings (SSSR count). The fourth-order valence-corrected chi connectivity index (χ4v) is 0.992. The molecule has 4 heteroatoms. The van der Waals surface area contributed by atoms with Crippen LogP contribution in [0.2, 0.25) is 0 Å². The molecule has 0 heterocycles. The van der Waals surface area contributed by atoms with Gasteiger partial charge in [-0.1, -0.05) is 12.1 Å². The molecule has 0 bridgehead atoms. The quantitative estimate of drug-likeness (QED) is 0.696. The van der Waals surface area contributed by atoms with Crippen LogP contribution in [0.25, 0.3) is 0 Å². The van der Waals surface area contributed by atoms with Crippen LogP contribution in [0.1, 0.15) is 19.9 Å². The van der Waals surface area contributed by atoms with Gasteiger partial charge in [0.05, 0.1) is 7.45 Å². The van der Waals surface area contributed by atoms with Crippen molar-refractivity contribution in [2.45, 2.75) is 6.08 Å². The minimum atomic E-state index is -2.90. The van der Waals surface area contributed by atoms with E-state index in [-0.39, 0.29) is 18.1 Å². The van der Waals surface area contributed by atoms with E-state index in [0.29, 0.717) is 0 Å². The highest BCUT2D eigenvalue weighted by atomic mass is 16.7. The molecule has 0 aliphatic heterocycles. The maximum atomic E-state index is 10.1. The van der Waals surface area contributed by atoms with E-state index in [2.05, 4.69) is 0 Å².